The molecule has 1 nitrogen and oxygen atoms in total. The molecule has 0 heterocycles. The first-order valence-corrected chi connectivity index (χ1v) is 7.00. The summed E-state index contributed by atoms with van der Waals surface area (Å²) in [6, 6.07) is 10.5. The van der Waals surface area contributed by atoms with E-state index in [2.05, 4.69) is 31.2 Å². The summed E-state index contributed by atoms with van der Waals surface area (Å²) in [5.41, 5.74) is 1.35. The van der Waals surface area contributed by atoms with Crippen molar-refractivity contribution in [3.05, 3.63) is 35.9 Å². The third-order valence-electron chi connectivity index (χ3n) is 4.16. The summed E-state index contributed by atoms with van der Waals surface area (Å²) in [4.78, 5) is 0. The SMILES string of the molecule is CC(CC(O)C1CCCCC1)c1ccccc1. The lowest BCUT2D eigenvalue weighted by Crippen LogP contribution is -2.24. The fraction of sp³-hybridized carbons (Fsp3) is 0.625. The minimum absolute atomic E-state index is 0.106. The summed E-state index contributed by atoms with van der Waals surface area (Å²) in [5, 5.41) is 10.3. The van der Waals surface area contributed by atoms with Gasteiger partial charge in [0.2, 0.25) is 0 Å². The van der Waals surface area contributed by atoms with Crippen molar-refractivity contribution in [3.63, 3.8) is 0 Å². The summed E-state index contributed by atoms with van der Waals surface area (Å²) in [7, 11) is 0. The predicted octanol–water partition coefficient (Wildman–Crippen LogP) is 4.12. The van der Waals surface area contributed by atoms with Crippen LogP contribution in [0.4, 0.5) is 0 Å². The standard InChI is InChI=1S/C16H24O/c1-13(14-8-4-2-5-9-14)12-16(17)15-10-6-3-7-11-15/h2,4-5,8-9,13,15-17H,3,6-7,10-12H2,1H3. The number of hydrogen-bond donors (Lipinski definition) is 1. The minimum Gasteiger partial charge on any atom is -0.393 e. The molecule has 2 atom stereocenters. The molecular formula is C16H24O. The predicted molar refractivity (Wildman–Crippen MR) is 72.1 cm³/mol. The first-order chi connectivity index (χ1) is 8.27. The Labute approximate surface area is 105 Å². The Bertz CT molecular complexity index is 314. The van der Waals surface area contributed by atoms with Gasteiger partial charge in [0.1, 0.15) is 0 Å². The van der Waals surface area contributed by atoms with E-state index in [9.17, 15) is 5.11 Å². The van der Waals surface area contributed by atoms with Gasteiger partial charge in [0.15, 0.2) is 0 Å². The highest BCUT2D eigenvalue weighted by Crippen LogP contribution is 2.31. The third-order valence-corrected chi connectivity index (χ3v) is 4.16. The molecule has 1 fully saturated rings. The van der Waals surface area contributed by atoms with Gasteiger partial charge in [-0.2, -0.15) is 0 Å². The number of hydrogen-bond acceptors (Lipinski definition) is 1. The van der Waals surface area contributed by atoms with Crippen LogP contribution in [-0.4, -0.2) is 11.2 Å². The maximum absolute atomic E-state index is 10.3. The lowest BCUT2D eigenvalue weighted by Gasteiger charge is -2.28. The van der Waals surface area contributed by atoms with E-state index in [1.54, 1.807) is 0 Å². The van der Waals surface area contributed by atoms with E-state index >= 15 is 0 Å². The van der Waals surface area contributed by atoms with Gasteiger partial charge in [0.25, 0.3) is 0 Å². The Morgan fingerprint density at radius 2 is 1.76 bits per heavy atom. The molecule has 0 radical (unpaired) electrons. The fourth-order valence-corrected chi connectivity index (χ4v) is 2.99. The van der Waals surface area contributed by atoms with Crippen LogP contribution in [0.2, 0.25) is 0 Å². The highest BCUT2D eigenvalue weighted by molar-refractivity contribution is 5.18. The van der Waals surface area contributed by atoms with Crippen LogP contribution in [0.15, 0.2) is 30.3 Å². The van der Waals surface area contributed by atoms with Crippen molar-refractivity contribution in [1.29, 1.82) is 0 Å². The molecule has 1 aliphatic rings. The normalized spacial score (nSPS) is 21.1. The van der Waals surface area contributed by atoms with Crippen LogP contribution in [-0.2, 0) is 0 Å². The second-order valence-corrected chi connectivity index (χ2v) is 5.51. The van der Waals surface area contributed by atoms with Crippen LogP contribution in [0.3, 0.4) is 0 Å². The van der Waals surface area contributed by atoms with Gasteiger partial charge in [-0.15, -0.1) is 0 Å². The Morgan fingerprint density at radius 1 is 1.12 bits per heavy atom. The number of benzene rings is 1. The zero-order chi connectivity index (χ0) is 12.1. The van der Waals surface area contributed by atoms with Gasteiger partial charge in [0.05, 0.1) is 6.10 Å². The molecule has 0 spiro atoms. The van der Waals surface area contributed by atoms with Crippen LogP contribution in [0.1, 0.15) is 56.9 Å². The average molecular weight is 232 g/mol. The van der Waals surface area contributed by atoms with E-state index in [0.717, 1.165) is 6.42 Å². The summed E-state index contributed by atoms with van der Waals surface area (Å²) >= 11 is 0. The molecule has 1 aromatic rings. The lowest BCUT2D eigenvalue weighted by atomic mass is 9.81. The van der Waals surface area contributed by atoms with E-state index in [1.165, 1.54) is 37.7 Å². The van der Waals surface area contributed by atoms with E-state index < -0.39 is 0 Å². The lowest BCUT2D eigenvalue weighted by molar-refractivity contribution is 0.0721. The Balaban J connectivity index is 1.87. The minimum atomic E-state index is -0.106. The second kappa shape index (κ2) is 6.20. The quantitative estimate of drug-likeness (QED) is 0.828. The van der Waals surface area contributed by atoms with Crippen LogP contribution < -0.4 is 0 Å². The number of aliphatic hydroxyl groups is 1. The van der Waals surface area contributed by atoms with E-state index in [1.807, 2.05) is 6.07 Å². The molecule has 0 aliphatic heterocycles. The molecule has 17 heavy (non-hydrogen) atoms. The van der Waals surface area contributed by atoms with Crippen molar-refractivity contribution in [2.75, 3.05) is 0 Å². The highest BCUT2D eigenvalue weighted by atomic mass is 16.3. The third kappa shape index (κ3) is 3.57. The molecule has 1 heteroatoms. The van der Waals surface area contributed by atoms with E-state index in [4.69, 9.17) is 0 Å². The van der Waals surface area contributed by atoms with Gasteiger partial charge in [0, 0.05) is 0 Å². The Hall–Kier alpha value is -0.820. The van der Waals surface area contributed by atoms with Crippen molar-refractivity contribution in [3.8, 4) is 0 Å². The first-order valence-electron chi connectivity index (χ1n) is 7.00. The van der Waals surface area contributed by atoms with Gasteiger partial charge in [-0.3, -0.25) is 0 Å². The average Bonchev–Trinajstić information content (AvgIpc) is 2.40. The van der Waals surface area contributed by atoms with Crippen molar-refractivity contribution >= 4 is 0 Å². The molecule has 2 unspecified atom stereocenters. The molecule has 0 amide bonds. The topological polar surface area (TPSA) is 20.2 Å². The molecular weight excluding hydrogens is 208 g/mol. The first kappa shape index (κ1) is 12.6. The molecule has 0 bridgehead atoms. The Morgan fingerprint density at radius 3 is 2.41 bits per heavy atom. The monoisotopic (exact) mass is 232 g/mol. The van der Waals surface area contributed by atoms with Crippen LogP contribution in [0, 0.1) is 5.92 Å². The molecule has 94 valence electrons. The molecule has 1 saturated carbocycles. The molecule has 2 rings (SSSR count). The molecule has 1 aliphatic carbocycles. The van der Waals surface area contributed by atoms with Gasteiger partial charge in [-0.1, -0.05) is 56.5 Å². The van der Waals surface area contributed by atoms with Crippen molar-refractivity contribution in [2.24, 2.45) is 5.92 Å². The molecule has 1 N–H and O–H groups in total. The van der Waals surface area contributed by atoms with Crippen molar-refractivity contribution < 1.29 is 5.11 Å². The number of aliphatic hydroxyl groups excluding tert-OH is 1. The zero-order valence-corrected chi connectivity index (χ0v) is 10.8. The summed E-state index contributed by atoms with van der Waals surface area (Å²) < 4.78 is 0. The van der Waals surface area contributed by atoms with Crippen LogP contribution in [0.5, 0.6) is 0 Å². The molecule has 0 aromatic heterocycles. The number of rotatable bonds is 4. The van der Waals surface area contributed by atoms with Crippen molar-refractivity contribution in [1.82, 2.24) is 0 Å². The van der Waals surface area contributed by atoms with Gasteiger partial charge in [-0.25, -0.2) is 0 Å². The zero-order valence-electron chi connectivity index (χ0n) is 10.8. The van der Waals surface area contributed by atoms with Gasteiger partial charge >= 0.3 is 0 Å². The summed E-state index contributed by atoms with van der Waals surface area (Å²) in [6.07, 6.45) is 7.23. The largest absolute Gasteiger partial charge is 0.393 e. The van der Waals surface area contributed by atoms with Gasteiger partial charge < -0.3 is 5.11 Å². The molecule has 0 saturated heterocycles. The van der Waals surface area contributed by atoms with Gasteiger partial charge in [-0.05, 0) is 36.7 Å². The maximum atomic E-state index is 10.3. The van der Waals surface area contributed by atoms with Crippen LogP contribution in [0.25, 0.3) is 0 Å². The smallest absolute Gasteiger partial charge is 0.0574 e. The molecule has 1 aromatic carbocycles. The summed E-state index contributed by atoms with van der Waals surface area (Å²) in [6.45, 7) is 2.22. The fourth-order valence-electron chi connectivity index (χ4n) is 2.99. The van der Waals surface area contributed by atoms with E-state index in [-0.39, 0.29) is 6.10 Å². The summed E-state index contributed by atoms with van der Waals surface area (Å²) in [5.74, 6) is 1.02. The van der Waals surface area contributed by atoms with Crippen molar-refractivity contribution in [2.45, 2.75) is 57.5 Å². The maximum Gasteiger partial charge on any atom is 0.0574 e. The second-order valence-electron chi connectivity index (χ2n) is 5.51. The van der Waals surface area contributed by atoms with E-state index in [0.29, 0.717) is 11.8 Å². The van der Waals surface area contributed by atoms with Crippen LogP contribution >= 0.6 is 0 Å². The highest BCUT2D eigenvalue weighted by Gasteiger charge is 2.23. The Kier molecular flexibility index (Phi) is 4.61.